The number of nitrogens with zero attached hydrogens (tertiary/aromatic N) is 1. The van der Waals surface area contributed by atoms with Crippen LogP contribution in [0.2, 0.25) is 0 Å². The number of benzene rings is 7. The van der Waals surface area contributed by atoms with Crippen LogP contribution in [-0.4, -0.2) is 4.57 Å². The van der Waals surface area contributed by atoms with E-state index in [4.69, 9.17) is 0 Å². The molecule has 11 rings (SSSR count). The van der Waals surface area contributed by atoms with Crippen LogP contribution in [0.3, 0.4) is 0 Å². The van der Waals surface area contributed by atoms with Crippen LogP contribution in [0.15, 0.2) is 152 Å². The molecule has 1 heteroatoms. The van der Waals surface area contributed by atoms with Gasteiger partial charge in [-0.3, -0.25) is 0 Å². The fraction of sp³-hybridized carbons (Fsp3) is 0.0870. The first-order valence-corrected chi connectivity index (χ1v) is 16.7. The summed E-state index contributed by atoms with van der Waals surface area (Å²) in [5.74, 6) is 0. The molecule has 0 saturated heterocycles. The third-order valence-electron chi connectivity index (χ3n) is 11.6. The molecular formula is C46H31N. The van der Waals surface area contributed by atoms with E-state index in [1.54, 1.807) is 0 Å². The molecule has 8 aromatic rings. The number of rotatable bonds is 1. The smallest absolute Gasteiger partial charge is 0.0760 e. The topological polar surface area (TPSA) is 4.93 Å². The number of aromatic nitrogens is 1. The van der Waals surface area contributed by atoms with Crippen LogP contribution < -0.4 is 0 Å². The van der Waals surface area contributed by atoms with Crippen molar-refractivity contribution in [2.24, 2.45) is 0 Å². The Morgan fingerprint density at radius 1 is 0.426 bits per heavy atom. The molecule has 7 aromatic carbocycles. The zero-order valence-electron chi connectivity index (χ0n) is 26.4. The van der Waals surface area contributed by atoms with Crippen molar-refractivity contribution < 1.29 is 0 Å². The van der Waals surface area contributed by atoms with Crippen LogP contribution >= 0.6 is 0 Å². The fourth-order valence-electron chi connectivity index (χ4n) is 9.73. The summed E-state index contributed by atoms with van der Waals surface area (Å²) < 4.78 is 2.53. The van der Waals surface area contributed by atoms with E-state index in [0.29, 0.717) is 0 Å². The van der Waals surface area contributed by atoms with E-state index >= 15 is 0 Å². The molecule has 47 heavy (non-hydrogen) atoms. The molecule has 3 aliphatic rings. The van der Waals surface area contributed by atoms with Gasteiger partial charge in [0.1, 0.15) is 0 Å². The van der Waals surface area contributed by atoms with Crippen molar-refractivity contribution in [3.05, 3.63) is 185 Å². The van der Waals surface area contributed by atoms with Crippen molar-refractivity contribution in [1.29, 1.82) is 0 Å². The summed E-state index contributed by atoms with van der Waals surface area (Å²) in [7, 11) is 0. The molecule has 2 aliphatic carbocycles. The predicted octanol–water partition coefficient (Wildman–Crippen LogP) is 11.4. The maximum atomic E-state index is 2.53. The highest BCUT2D eigenvalue weighted by Crippen LogP contribution is 2.63. The van der Waals surface area contributed by atoms with E-state index in [2.05, 4.69) is 170 Å². The van der Waals surface area contributed by atoms with E-state index in [-0.39, 0.29) is 5.41 Å². The molecule has 0 bridgehead atoms. The van der Waals surface area contributed by atoms with Crippen LogP contribution in [0.1, 0.15) is 47.2 Å². The summed E-state index contributed by atoms with van der Waals surface area (Å²) in [5.41, 5.74) is 19.6. The van der Waals surface area contributed by atoms with E-state index in [1.807, 2.05) is 0 Å². The zero-order valence-corrected chi connectivity index (χ0v) is 26.4. The minimum Gasteiger partial charge on any atom is -0.309 e. The normalized spacial score (nSPS) is 17.4. The van der Waals surface area contributed by atoms with Gasteiger partial charge in [0.15, 0.2) is 0 Å². The van der Waals surface area contributed by atoms with Crippen LogP contribution in [0.25, 0.3) is 60.9 Å². The predicted molar refractivity (Wildman–Crippen MR) is 195 cm³/mol. The van der Waals surface area contributed by atoms with Crippen LogP contribution in [0.5, 0.6) is 0 Å². The van der Waals surface area contributed by atoms with E-state index in [9.17, 15) is 0 Å². The van der Waals surface area contributed by atoms with Gasteiger partial charge in [0, 0.05) is 16.2 Å². The van der Waals surface area contributed by atoms with Crippen molar-refractivity contribution in [2.45, 2.75) is 24.7 Å². The summed E-state index contributed by atoms with van der Waals surface area (Å²) in [5, 5.41) is 2.61. The van der Waals surface area contributed by atoms with Gasteiger partial charge < -0.3 is 4.57 Å². The molecule has 0 radical (unpaired) electrons. The number of para-hydroxylation sites is 3. The van der Waals surface area contributed by atoms with E-state index < -0.39 is 5.41 Å². The standard InChI is InChI=1S/C46H31N/c1-45(2)36-19-6-3-13-30(36)32-26-25-28(27-40(32)45)29-16-11-17-34-31-14-4-7-20-37(31)46(43(29)34)38-21-8-10-24-42(38)47-41-23-9-5-15-33(41)35-18-12-22-39(46)44(35)47/h3-27H,1-2H3. The molecule has 0 saturated carbocycles. The lowest BCUT2D eigenvalue weighted by Crippen LogP contribution is -2.34. The first-order chi connectivity index (χ1) is 23.1. The molecule has 220 valence electrons. The van der Waals surface area contributed by atoms with Crippen LogP contribution in [0.4, 0.5) is 0 Å². The van der Waals surface area contributed by atoms with Crippen LogP contribution in [-0.2, 0) is 10.8 Å². The number of hydrogen-bond donors (Lipinski definition) is 0. The van der Waals surface area contributed by atoms with Gasteiger partial charge >= 0.3 is 0 Å². The zero-order chi connectivity index (χ0) is 31.1. The van der Waals surface area contributed by atoms with Crippen molar-refractivity contribution in [1.82, 2.24) is 4.57 Å². The Hall–Kier alpha value is -5.66. The average molecular weight is 598 g/mol. The molecule has 1 nitrogen and oxygen atoms in total. The highest BCUT2D eigenvalue weighted by atomic mass is 15.0. The quantitative estimate of drug-likeness (QED) is 0.177. The Labute approximate surface area is 274 Å². The second-order valence-corrected chi connectivity index (χ2v) is 14.0. The molecule has 2 heterocycles. The van der Waals surface area contributed by atoms with Gasteiger partial charge in [-0.15, -0.1) is 0 Å². The monoisotopic (exact) mass is 597 g/mol. The largest absolute Gasteiger partial charge is 0.309 e. The Balaban J connectivity index is 1.30. The number of hydrogen-bond acceptors (Lipinski definition) is 0. The summed E-state index contributed by atoms with van der Waals surface area (Å²) in [6.07, 6.45) is 0. The molecule has 1 atom stereocenters. The second kappa shape index (κ2) is 8.57. The Morgan fingerprint density at radius 2 is 1.02 bits per heavy atom. The molecule has 1 spiro atoms. The molecule has 1 aromatic heterocycles. The first kappa shape index (κ1) is 25.5. The SMILES string of the molecule is CC1(C)c2ccccc2-c2ccc(-c3cccc4c3C3(c5ccccc5-4)c4ccccc4-n4c5ccccc5c5cccc3c54)cc21. The fourth-order valence-corrected chi connectivity index (χ4v) is 9.73. The Bertz CT molecular complexity index is 2670. The second-order valence-electron chi connectivity index (χ2n) is 14.0. The Kier molecular flexibility index (Phi) is 4.66. The molecule has 0 fully saturated rings. The summed E-state index contributed by atoms with van der Waals surface area (Å²) in [6.45, 7) is 4.76. The lowest BCUT2D eigenvalue weighted by atomic mass is 9.64. The summed E-state index contributed by atoms with van der Waals surface area (Å²) in [4.78, 5) is 0. The third kappa shape index (κ3) is 2.89. The highest BCUT2D eigenvalue weighted by molar-refractivity contribution is 6.13. The van der Waals surface area contributed by atoms with Gasteiger partial charge in [0.05, 0.1) is 22.1 Å². The van der Waals surface area contributed by atoms with Gasteiger partial charge in [0.2, 0.25) is 0 Å². The minimum atomic E-state index is -0.472. The number of fused-ring (bicyclic) bond motifs is 15. The Morgan fingerprint density at radius 3 is 1.89 bits per heavy atom. The van der Waals surface area contributed by atoms with Crippen LogP contribution in [0, 0.1) is 0 Å². The lowest BCUT2D eigenvalue weighted by molar-refractivity contribution is 0.660. The average Bonchev–Trinajstić information content (AvgIpc) is 3.70. The van der Waals surface area contributed by atoms with Gasteiger partial charge in [-0.25, -0.2) is 0 Å². The van der Waals surface area contributed by atoms with Gasteiger partial charge in [-0.2, -0.15) is 0 Å². The van der Waals surface area contributed by atoms with Gasteiger partial charge in [0.25, 0.3) is 0 Å². The molecule has 1 aliphatic heterocycles. The van der Waals surface area contributed by atoms with Crippen molar-refractivity contribution in [2.75, 3.05) is 0 Å². The van der Waals surface area contributed by atoms with Gasteiger partial charge in [-0.1, -0.05) is 147 Å². The van der Waals surface area contributed by atoms with Gasteiger partial charge in [-0.05, 0) is 85.0 Å². The van der Waals surface area contributed by atoms with Crippen molar-refractivity contribution in [3.63, 3.8) is 0 Å². The summed E-state index contributed by atoms with van der Waals surface area (Å²) in [6, 6.07) is 57.4. The maximum absolute atomic E-state index is 2.53. The van der Waals surface area contributed by atoms with Crippen molar-refractivity contribution in [3.8, 4) is 39.1 Å². The summed E-state index contributed by atoms with van der Waals surface area (Å²) >= 11 is 0. The molecule has 0 amide bonds. The molecule has 0 N–H and O–H groups in total. The first-order valence-electron chi connectivity index (χ1n) is 16.7. The van der Waals surface area contributed by atoms with Crippen molar-refractivity contribution >= 4 is 21.8 Å². The molecule has 1 unspecified atom stereocenters. The molecular weight excluding hydrogens is 567 g/mol. The highest BCUT2D eigenvalue weighted by Gasteiger charge is 2.52. The van der Waals surface area contributed by atoms with E-state index in [1.165, 1.54) is 94.3 Å². The lowest BCUT2D eigenvalue weighted by Gasteiger charge is -2.40. The van der Waals surface area contributed by atoms with E-state index in [0.717, 1.165) is 0 Å². The maximum Gasteiger partial charge on any atom is 0.0760 e. The minimum absolute atomic E-state index is 0.0650. The third-order valence-corrected chi connectivity index (χ3v) is 11.6.